The Hall–Kier alpha value is -5.05. The van der Waals surface area contributed by atoms with Crippen molar-refractivity contribution in [1.82, 2.24) is 29.4 Å². The molecule has 0 spiro atoms. The number of carbonyl (C=O) groups excluding carboxylic acids is 2. The van der Waals surface area contributed by atoms with Crippen LogP contribution in [0.5, 0.6) is 5.75 Å². The van der Waals surface area contributed by atoms with E-state index in [9.17, 15) is 32.7 Å². The summed E-state index contributed by atoms with van der Waals surface area (Å²) in [5.41, 5.74) is 1.12. The van der Waals surface area contributed by atoms with Crippen molar-refractivity contribution in [3.05, 3.63) is 79.9 Å². The van der Waals surface area contributed by atoms with Gasteiger partial charge in [0.1, 0.15) is 18.6 Å². The Morgan fingerprint density at radius 3 is 2.44 bits per heavy atom. The number of benzene rings is 1. The molecule has 16 heteroatoms. The molecule has 0 saturated carbocycles. The number of aryl methyl sites for hydroxylation is 1. The number of aromatic nitrogens is 5. The highest BCUT2D eigenvalue weighted by atomic mass is 35.5. The first-order valence-corrected chi connectivity index (χ1v) is 15.4. The lowest BCUT2D eigenvalue weighted by molar-refractivity contribution is -0.137. The van der Waals surface area contributed by atoms with Gasteiger partial charge in [0.05, 0.1) is 33.9 Å². The lowest BCUT2D eigenvalue weighted by Gasteiger charge is -2.37. The van der Waals surface area contributed by atoms with E-state index in [1.165, 1.54) is 17.4 Å². The monoisotopic (exact) mass is 684 g/mol. The van der Waals surface area contributed by atoms with Gasteiger partial charge in [0.15, 0.2) is 22.6 Å². The third-order valence-corrected chi connectivity index (χ3v) is 8.10. The van der Waals surface area contributed by atoms with Crippen molar-refractivity contribution < 1.29 is 27.9 Å². The first kappa shape index (κ1) is 34.3. The summed E-state index contributed by atoms with van der Waals surface area (Å²) in [4.78, 5) is 61.0. The van der Waals surface area contributed by atoms with E-state index in [1.807, 2.05) is 25.7 Å². The lowest BCUT2D eigenvalue weighted by atomic mass is 10.1. The zero-order chi connectivity index (χ0) is 34.9. The molecule has 0 unspecified atom stereocenters. The number of aromatic hydroxyl groups is 1. The lowest BCUT2D eigenvalue weighted by Crippen LogP contribution is -2.50. The Morgan fingerprint density at radius 1 is 1.10 bits per heavy atom. The van der Waals surface area contributed by atoms with Crippen LogP contribution in [0.2, 0.25) is 5.02 Å². The highest BCUT2D eigenvalue weighted by molar-refractivity contribution is 6.33. The van der Waals surface area contributed by atoms with Gasteiger partial charge in [-0.05, 0) is 51.5 Å². The first-order chi connectivity index (χ1) is 22.7. The van der Waals surface area contributed by atoms with Gasteiger partial charge in [-0.2, -0.15) is 13.2 Å². The highest BCUT2D eigenvalue weighted by Gasteiger charge is 2.32. The summed E-state index contributed by atoms with van der Waals surface area (Å²) in [5.74, 6) is -1.38. The van der Waals surface area contributed by atoms with Crippen molar-refractivity contribution in [3.63, 3.8) is 0 Å². The molecule has 1 saturated heterocycles. The van der Waals surface area contributed by atoms with E-state index in [0.29, 0.717) is 23.5 Å². The molecule has 0 aliphatic carbocycles. The number of hydrogen-bond donors (Lipinski definition) is 2. The van der Waals surface area contributed by atoms with Gasteiger partial charge in [-0.1, -0.05) is 24.1 Å². The Labute approximate surface area is 277 Å². The molecule has 0 radical (unpaired) electrons. The fourth-order valence-corrected chi connectivity index (χ4v) is 5.73. The number of pyridine rings is 1. The van der Waals surface area contributed by atoms with E-state index in [1.54, 1.807) is 17.6 Å². The molecule has 0 bridgehead atoms. The molecule has 0 atom stereocenters. The van der Waals surface area contributed by atoms with Crippen molar-refractivity contribution in [2.45, 2.75) is 46.8 Å². The largest absolute Gasteiger partial charge is 0.504 e. The third-order valence-electron chi connectivity index (χ3n) is 7.79. The molecule has 4 heterocycles. The van der Waals surface area contributed by atoms with Crippen LogP contribution in [-0.2, 0) is 23.9 Å². The average molecular weight is 685 g/mol. The summed E-state index contributed by atoms with van der Waals surface area (Å²) in [6.45, 7) is 7.68. The Bertz CT molecular complexity index is 2000. The number of fused-ring (bicyclic) bond motifs is 1. The van der Waals surface area contributed by atoms with E-state index >= 15 is 0 Å². The van der Waals surface area contributed by atoms with Gasteiger partial charge in [-0.15, -0.1) is 0 Å². The highest BCUT2D eigenvalue weighted by Crippen LogP contribution is 2.34. The minimum absolute atomic E-state index is 0.0130. The fraction of sp³-hybridized carbons (Fsp3) is 0.344. The average Bonchev–Trinajstić information content (AvgIpc) is 3.03. The minimum Gasteiger partial charge on any atom is -0.504 e. The summed E-state index contributed by atoms with van der Waals surface area (Å²) in [7, 11) is 0. The van der Waals surface area contributed by atoms with E-state index < -0.39 is 29.0 Å². The van der Waals surface area contributed by atoms with Crippen LogP contribution in [-0.4, -0.2) is 72.5 Å². The quantitative estimate of drug-likeness (QED) is 0.279. The molecule has 2 N–H and O–H groups in total. The molecule has 12 nitrogen and oxygen atoms in total. The zero-order valence-corrected chi connectivity index (χ0v) is 27.3. The molecule has 1 aliphatic rings. The van der Waals surface area contributed by atoms with Crippen molar-refractivity contribution in [3.8, 4) is 5.75 Å². The van der Waals surface area contributed by atoms with Gasteiger partial charge in [0.25, 0.3) is 5.91 Å². The van der Waals surface area contributed by atoms with Gasteiger partial charge < -0.3 is 24.8 Å². The molecule has 4 aromatic rings. The molecule has 1 aromatic carbocycles. The Morgan fingerprint density at radius 2 is 1.81 bits per heavy atom. The van der Waals surface area contributed by atoms with E-state index in [4.69, 9.17) is 11.6 Å². The summed E-state index contributed by atoms with van der Waals surface area (Å²) in [6, 6.07) is 2.63. The molecule has 3 aromatic heterocycles. The van der Waals surface area contributed by atoms with Crippen LogP contribution in [0.25, 0.3) is 17.2 Å². The molecule has 252 valence electrons. The van der Waals surface area contributed by atoms with Crippen LogP contribution >= 0.6 is 11.6 Å². The van der Waals surface area contributed by atoms with Crippen molar-refractivity contribution in [1.29, 1.82) is 0 Å². The summed E-state index contributed by atoms with van der Waals surface area (Å²) in [6.07, 6.45) is 0.155. The van der Waals surface area contributed by atoms with Gasteiger partial charge in [0, 0.05) is 31.9 Å². The Balaban J connectivity index is 1.51. The number of allylic oxidation sites excluding steroid dienone is 1. The molecular weight excluding hydrogens is 653 g/mol. The second kappa shape index (κ2) is 13.6. The molecule has 5 rings (SSSR count). The number of hydrogen-bond acceptors (Lipinski definition) is 9. The predicted molar refractivity (Wildman–Crippen MR) is 174 cm³/mol. The maximum Gasteiger partial charge on any atom is 0.416 e. The van der Waals surface area contributed by atoms with Crippen LogP contribution in [0.1, 0.15) is 53.9 Å². The maximum absolute atomic E-state index is 14.1. The minimum atomic E-state index is -4.61. The molecule has 1 fully saturated rings. The fourth-order valence-electron chi connectivity index (χ4n) is 5.50. The van der Waals surface area contributed by atoms with Crippen LogP contribution in [0.4, 0.5) is 24.5 Å². The molecule has 1 aliphatic heterocycles. The number of alkyl halides is 3. The number of nitrogens with zero attached hydrogens (tertiary/aromatic N) is 7. The van der Waals surface area contributed by atoms with E-state index in [0.717, 1.165) is 23.8 Å². The van der Waals surface area contributed by atoms with Crippen molar-refractivity contribution in [2.24, 2.45) is 0 Å². The maximum atomic E-state index is 14.1. The Kier molecular flexibility index (Phi) is 9.71. The van der Waals surface area contributed by atoms with Gasteiger partial charge in [-0.3, -0.25) is 14.4 Å². The second-order valence-corrected chi connectivity index (χ2v) is 11.8. The van der Waals surface area contributed by atoms with Gasteiger partial charge >= 0.3 is 6.18 Å². The summed E-state index contributed by atoms with van der Waals surface area (Å²) >= 11 is 6.09. The number of anilines is 2. The number of rotatable bonds is 7. The van der Waals surface area contributed by atoms with Crippen LogP contribution in [0.3, 0.4) is 0 Å². The standard InChI is InChI=1S/C32H32ClF3N8O4/c1-5-23-27(42-8-10-43(11-9-42)31(48)26-28(46)18(4)38-16-39-26)29(47)25-30(37-14-20(40-25)12-17(2)3)44(23)15-24(45)41-22-7-6-19(13-21(22)33)32(34,35)36/h6-7,12-14,16,46H,5,8-11,15H2,1-4H3,(H,41,45). The summed E-state index contributed by atoms with van der Waals surface area (Å²) < 4.78 is 41.0. The topological polar surface area (TPSA) is 146 Å². The SMILES string of the molecule is CCc1c(N2CCN(C(=O)c3ncnc(C)c3O)CC2)c(=O)c2nc(C=C(C)C)cnc2n1CC(=O)Nc1ccc(C(F)(F)F)cc1Cl. The first-order valence-electron chi connectivity index (χ1n) is 15.0. The normalized spacial score (nSPS) is 13.5. The number of carbonyl (C=O) groups is 2. The molecular formula is C32H32ClF3N8O4. The number of amides is 2. The molecule has 48 heavy (non-hydrogen) atoms. The van der Waals surface area contributed by atoms with Crippen LogP contribution < -0.4 is 15.6 Å². The summed E-state index contributed by atoms with van der Waals surface area (Å²) in [5, 5.41) is 12.6. The number of piperazine rings is 1. The second-order valence-electron chi connectivity index (χ2n) is 11.4. The van der Waals surface area contributed by atoms with Crippen LogP contribution in [0.15, 0.2) is 41.1 Å². The van der Waals surface area contributed by atoms with E-state index in [-0.39, 0.29) is 71.7 Å². The van der Waals surface area contributed by atoms with Crippen molar-refractivity contribution >= 4 is 52.0 Å². The van der Waals surface area contributed by atoms with Crippen molar-refractivity contribution in [2.75, 3.05) is 36.4 Å². The third kappa shape index (κ3) is 6.95. The van der Waals surface area contributed by atoms with E-state index in [2.05, 4.69) is 25.3 Å². The zero-order valence-electron chi connectivity index (χ0n) is 26.5. The smallest absolute Gasteiger partial charge is 0.416 e. The van der Waals surface area contributed by atoms with Crippen LogP contribution in [0, 0.1) is 6.92 Å². The van der Waals surface area contributed by atoms with Gasteiger partial charge in [-0.25, -0.2) is 19.9 Å². The van der Waals surface area contributed by atoms with Gasteiger partial charge in [0.2, 0.25) is 11.3 Å². The molecule has 2 amide bonds. The number of nitrogens with one attached hydrogen (secondary N) is 1. The predicted octanol–water partition coefficient (Wildman–Crippen LogP) is 4.85. The number of halogens is 4.